The summed E-state index contributed by atoms with van der Waals surface area (Å²) in [7, 11) is -3.40. The van der Waals surface area contributed by atoms with Crippen LogP contribution in [0.3, 0.4) is 0 Å². The van der Waals surface area contributed by atoms with Crippen molar-refractivity contribution < 1.29 is 8.42 Å². The normalized spacial score (nSPS) is 21.1. The number of rotatable bonds is 12. The van der Waals surface area contributed by atoms with Gasteiger partial charge in [-0.15, -0.1) is 0 Å². The van der Waals surface area contributed by atoms with E-state index in [0.29, 0.717) is 4.90 Å². The van der Waals surface area contributed by atoms with Crippen molar-refractivity contribution in [2.24, 2.45) is 0 Å². The van der Waals surface area contributed by atoms with Gasteiger partial charge >= 0.3 is 0 Å². The Morgan fingerprint density at radius 3 is 2.07 bits per heavy atom. The SMILES string of the molecule is CCCCCCCCCCC[C@H]1CCC[C@H](C)N1S(=O)(=O)c1ccc(C)cc1. The lowest BCUT2D eigenvalue weighted by Gasteiger charge is -2.39. The first-order valence-corrected chi connectivity index (χ1v) is 13.0. The molecule has 3 nitrogen and oxygen atoms in total. The number of piperidine rings is 1. The van der Waals surface area contributed by atoms with Crippen molar-refractivity contribution in [1.82, 2.24) is 4.31 Å². The van der Waals surface area contributed by atoms with E-state index in [-0.39, 0.29) is 12.1 Å². The van der Waals surface area contributed by atoms with Gasteiger partial charge in [0.1, 0.15) is 0 Å². The fourth-order valence-electron chi connectivity index (χ4n) is 4.49. The highest BCUT2D eigenvalue weighted by Crippen LogP contribution is 2.32. The molecule has 0 N–H and O–H groups in total. The van der Waals surface area contributed by atoms with E-state index in [2.05, 4.69) is 13.8 Å². The maximum Gasteiger partial charge on any atom is 0.243 e. The second-order valence-corrected chi connectivity index (χ2v) is 10.5. The van der Waals surface area contributed by atoms with Gasteiger partial charge in [0.2, 0.25) is 10.0 Å². The summed E-state index contributed by atoms with van der Waals surface area (Å²) in [6.45, 7) is 6.33. The Hall–Kier alpha value is -0.870. The van der Waals surface area contributed by atoms with Crippen LogP contribution in [0.4, 0.5) is 0 Å². The first-order valence-electron chi connectivity index (χ1n) is 11.6. The van der Waals surface area contributed by atoms with Crippen LogP contribution < -0.4 is 0 Å². The fraction of sp³-hybridized carbons (Fsp3) is 0.750. The summed E-state index contributed by atoms with van der Waals surface area (Å²) in [5.74, 6) is 0. The zero-order chi connectivity index (χ0) is 20.4. The summed E-state index contributed by atoms with van der Waals surface area (Å²) < 4.78 is 28.5. The van der Waals surface area contributed by atoms with Crippen LogP contribution in [0.15, 0.2) is 29.2 Å². The molecule has 1 aliphatic rings. The predicted octanol–water partition coefficient (Wildman–Crippen LogP) is 6.85. The Morgan fingerprint density at radius 1 is 0.893 bits per heavy atom. The van der Waals surface area contributed by atoms with E-state index >= 15 is 0 Å². The molecule has 1 fully saturated rings. The van der Waals surface area contributed by atoms with Crippen LogP contribution in [-0.4, -0.2) is 24.8 Å². The topological polar surface area (TPSA) is 37.4 Å². The van der Waals surface area contributed by atoms with E-state index in [1.807, 2.05) is 23.4 Å². The van der Waals surface area contributed by atoms with Crippen molar-refractivity contribution in [1.29, 1.82) is 0 Å². The molecule has 160 valence electrons. The molecule has 0 saturated carbocycles. The maximum atomic E-state index is 13.3. The second kappa shape index (κ2) is 12.0. The minimum atomic E-state index is -3.40. The molecule has 1 saturated heterocycles. The van der Waals surface area contributed by atoms with Crippen LogP contribution in [-0.2, 0) is 10.0 Å². The molecule has 1 heterocycles. The van der Waals surface area contributed by atoms with Crippen molar-refractivity contribution in [3.05, 3.63) is 29.8 Å². The van der Waals surface area contributed by atoms with Crippen molar-refractivity contribution in [3.8, 4) is 0 Å². The molecule has 2 rings (SSSR count). The van der Waals surface area contributed by atoms with Gasteiger partial charge in [-0.25, -0.2) is 8.42 Å². The van der Waals surface area contributed by atoms with Crippen LogP contribution in [0.1, 0.15) is 103 Å². The molecule has 0 spiro atoms. The minimum Gasteiger partial charge on any atom is -0.207 e. The van der Waals surface area contributed by atoms with Gasteiger partial charge in [-0.1, -0.05) is 88.8 Å². The smallest absolute Gasteiger partial charge is 0.207 e. The molecule has 4 heteroatoms. The number of hydrogen-bond donors (Lipinski definition) is 0. The van der Waals surface area contributed by atoms with Crippen molar-refractivity contribution in [2.75, 3.05) is 0 Å². The summed E-state index contributed by atoms with van der Waals surface area (Å²) >= 11 is 0. The summed E-state index contributed by atoms with van der Waals surface area (Å²) in [4.78, 5) is 0.448. The second-order valence-electron chi connectivity index (χ2n) is 8.70. The van der Waals surface area contributed by atoms with E-state index in [0.717, 1.165) is 37.7 Å². The minimum absolute atomic E-state index is 0.101. The lowest BCUT2D eigenvalue weighted by molar-refractivity contribution is 0.179. The third-order valence-electron chi connectivity index (χ3n) is 6.19. The molecule has 1 aromatic carbocycles. The fourth-order valence-corrected chi connectivity index (χ4v) is 6.40. The molecule has 28 heavy (non-hydrogen) atoms. The van der Waals surface area contributed by atoms with Crippen molar-refractivity contribution in [3.63, 3.8) is 0 Å². The molecule has 0 amide bonds. The zero-order valence-electron chi connectivity index (χ0n) is 18.3. The van der Waals surface area contributed by atoms with E-state index in [1.54, 1.807) is 12.1 Å². The molecular weight excluding hydrogens is 366 g/mol. The van der Waals surface area contributed by atoms with Gasteiger partial charge in [-0.2, -0.15) is 4.31 Å². The molecule has 2 atom stereocenters. The van der Waals surface area contributed by atoms with Gasteiger partial charge in [0.05, 0.1) is 4.90 Å². The molecule has 0 aromatic heterocycles. The number of aryl methyl sites for hydroxylation is 1. The Kier molecular flexibility index (Phi) is 10.0. The monoisotopic (exact) mass is 407 g/mol. The summed E-state index contributed by atoms with van der Waals surface area (Å²) in [5.41, 5.74) is 1.09. The third-order valence-corrected chi connectivity index (χ3v) is 8.27. The third kappa shape index (κ3) is 6.88. The van der Waals surface area contributed by atoms with Gasteiger partial charge in [0, 0.05) is 12.1 Å². The first-order chi connectivity index (χ1) is 13.5. The van der Waals surface area contributed by atoms with Gasteiger partial charge < -0.3 is 0 Å². The number of nitrogens with zero attached hydrogens (tertiary/aromatic N) is 1. The predicted molar refractivity (Wildman–Crippen MR) is 119 cm³/mol. The number of hydrogen-bond acceptors (Lipinski definition) is 2. The number of sulfonamides is 1. The van der Waals surface area contributed by atoms with Crippen LogP contribution in [0.25, 0.3) is 0 Å². The Labute approximate surface area is 174 Å². The summed E-state index contributed by atoms with van der Waals surface area (Å²) in [6, 6.07) is 7.60. The number of unbranched alkanes of at least 4 members (excludes halogenated alkanes) is 8. The molecule has 0 unspecified atom stereocenters. The quantitative estimate of drug-likeness (QED) is 0.355. The maximum absolute atomic E-state index is 13.3. The van der Waals surface area contributed by atoms with Gasteiger partial charge in [0.15, 0.2) is 0 Å². The van der Waals surface area contributed by atoms with E-state index in [9.17, 15) is 8.42 Å². The Balaban J connectivity index is 1.85. The highest BCUT2D eigenvalue weighted by Gasteiger charge is 2.37. The van der Waals surface area contributed by atoms with E-state index in [1.165, 1.54) is 51.4 Å². The van der Waals surface area contributed by atoms with Gasteiger partial charge in [-0.05, 0) is 45.2 Å². The standard InChI is InChI=1S/C24H41NO2S/c1-4-5-6-7-8-9-10-11-12-15-23-16-13-14-22(3)25(23)28(26,27)24-19-17-21(2)18-20-24/h17-20,22-23H,4-16H2,1-3H3/t22-,23-/m0/s1. The lowest BCUT2D eigenvalue weighted by atomic mass is 9.95. The molecule has 0 radical (unpaired) electrons. The van der Waals surface area contributed by atoms with E-state index < -0.39 is 10.0 Å². The van der Waals surface area contributed by atoms with Crippen LogP contribution in [0.2, 0.25) is 0 Å². The van der Waals surface area contributed by atoms with Gasteiger partial charge in [0.25, 0.3) is 0 Å². The van der Waals surface area contributed by atoms with E-state index in [4.69, 9.17) is 0 Å². The lowest BCUT2D eigenvalue weighted by Crippen LogP contribution is -2.48. The van der Waals surface area contributed by atoms with Gasteiger partial charge in [-0.3, -0.25) is 0 Å². The molecule has 0 aliphatic carbocycles. The van der Waals surface area contributed by atoms with Crippen LogP contribution in [0, 0.1) is 6.92 Å². The molecule has 1 aromatic rings. The average Bonchev–Trinajstić information content (AvgIpc) is 2.67. The Morgan fingerprint density at radius 2 is 1.46 bits per heavy atom. The molecular formula is C24H41NO2S. The zero-order valence-corrected chi connectivity index (χ0v) is 19.1. The van der Waals surface area contributed by atoms with Crippen LogP contribution >= 0.6 is 0 Å². The summed E-state index contributed by atoms with van der Waals surface area (Å²) in [6.07, 6.45) is 15.9. The molecule has 0 bridgehead atoms. The number of benzene rings is 1. The average molecular weight is 408 g/mol. The highest BCUT2D eigenvalue weighted by molar-refractivity contribution is 7.89. The molecule has 1 aliphatic heterocycles. The summed E-state index contributed by atoms with van der Waals surface area (Å²) in [5, 5.41) is 0. The largest absolute Gasteiger partial charge is 0.243 e. The Bertz CT molecular complexity index is 654. The highest BCUT2D eigenvalue weighted by atomic mass is 32.2. The van der Waals surface area contributed by atoms with Crippen molar-refractivity contribution in [2.45, 2.75) is 121 Å². The first kappa shape index (κ1) is 23.4. The van der Waals surface area contributed by atoms with Crippen molar-refractivity contribution >= 4 is 10.0 Å². The van der Waals surface area contributed by atoms with Crippen LogP contribution in [0.5, 0.6) is 0 Å².